The third-order valence-corrected chi connectivity index (χ3v) is 3.57. The molecule has 4 heteroatoms. The molecule has 2 atom stereocenters. The summed E-state index contributed by atoms with van der Waals surface area (Å²) in [6.07, 6.45) is 0.849. The fraction of sp³-hybridized carbons (Fsp3) is 0.600. The summed E-state index contributed by atoms with van der Waals surface area (Å²) in [6, 6.07) is 5.78. The van der Waals surface area contributed by atoms with Crippen molar-refractivity contribution >= 4 is 11.4 Å². The quantitative estimate of drug-likeness (QED) is 0.822. The monoisotopic (exact) mass is 264 g/mol. The predicted octanol–water partition coefficient (Wildman–Crippen LogP) is 2.26. The molecule has 1 aliphatic rings. The van der Waals surface area contributed by atoms with Crippen LogP contribution in [0.5, 0.6) is 5.75 Å². The van der Waals surface area contributed by atoms with Crippen LogP contribution in [-0.2, 0) is 0 Å². The lowest BCUT2D eigenvalue weighted by molar-refractivity contribution is 0.103. The van der Waals surface area contributed by atoms with Crippen LogP contribution in [0.25, 0.3) is 0 Å². The van der Waals surface area contributed by atoms with Gasteiger partial charge in [-0.15, -0.1) is 0 Å². The zero-order valence-electron chi connectivity index (χ0n) is 12.0. The molecule has 0 saturated carbocycles. The van der Waals surface area contributed by atoms with E-state index in [1.165, 1.54) is 0 Å². The zero-order chi connectivity index (χ0) is 14.0. The summed E-state index contributed by atoms with van der Waals surface area (Å²) in [7, 11) is 0. The van der Waals surface area contributed by atoms with E-state index < -0.39 is 0 Å². The number of benzene rings is 1. The molecule has 2 unspecified atom stereocenters. The average Bonchev–Trinajstić information content (AvgIpc) is 2.31. The van der Waals surface area contributed by atoms with Crippen molar-refractivity contribution in [3.8, 4) is 5.75 Å². The maximum Gasteiger partial charge on any atom is 0.123 e. The molecule has 0 spiro atoms. The van der Waals surface area contributed by atoms with Crippen LogP contribution in [-0.4, -0.2) is 30.4 Å². The van der Waals surface area contributed by atoms with Crippen molar-refractivity contribution in [3.63, 3.8) is 0 Å². The minimum absolute atomic E-state index is 0.126. The first-order chi connectivity index (χ1) is 8.95. The molecule has 1 aliphatic heterocycles. The summed E-state index contributed by atoms with van der Waals surface area (Å²) in [5, 5.41) is 9.99. The first-order valence-corrected chi connectivity index (χ1v) is 6.96. The van der Waals surface area contributed by atoms with Crippen molar-refractivity contribution in [2.45, 2.75) is 39.4 Å². The molecule has 4 nitrogen and oxygen atoms in total. The minimum Gasteiger partial charge on any atom is -0.491 e. The number of hydrogen-bond acceptors (Lipinski definition) is 4. The summed E-state index contributed by atoms with van der Waals surface area (Å²) in [6.45, 7) is 7.69. The van der Waals surface area contributed by atoms with Crippen molar-refractivity contribution in [1.29, 1.82) is 0 Å². The van der Waals surface area contributed by atoms with Gasteiger partial charge in [0, 0.05) is 36.6 Å². The van der Waals surface area contributed by atoms with Gasteiger partial charge in [0.2, 0.25) is 0 Å². The second-order valence-corrected chi connectivity index (χ2v) is 5.71. The van der Waals surface area contributed by atoms with Crippen molar-refractivity contribution in [2.24, 2.45) is 5.92 Å². The van der Waals surface area contributed by atoms with E-state index in [1.54, 1.807) is 0 Å². The Hall–Kier alpha value is -1.42. The summed E-state index contributed by atoms with van der Waals surface area (Å²) in [5.41, 5.74) is 7.66. The van der Waals surface area contributed by atoms with Gasteiger partial charge in [0.25, 0.3) is 0 Å². The van der Waals surface area contributed by atoms with Gasteiger partial charge in [-0.2, -0.15) is 0 Å². The molecular weight excluding hydrogens is 240 g/mol. The molecule has 0 amide bonds. The van der Waals surface area contributed by atoms with E-state index in [1.807, 2.05) is 32.0 Å². The third kappa shape index (κ3) is 3.53. The first kappa shape index (κ1) is 14.0. The number of nitrogens with zero attached hydrogens (tertiary/aromatic N) is 1. The summed E-state index contributed by atoms with van der Waals surface area (Å²) in [5.74, 6) is 1.15. The number of rotatable bonds is 3. The fourth-order valence-electron chi connectivity index (χ4n) is 2.41. The maximum atomic E-state index is 9.99. The lowest BCUT2D eigenvalue weighted by atomic mass is 9.95. The number of anilines is 2. The van der Waals surface area contributed by atoms with Crippen LogP contribution in [0.3, 0.4) is 0 Å². The Kier molecular flexibility index (Phi) is 4.20. The Labute approximate surface area is 115 Å². The molecule has 2 rings (SSSR count). The highest BCUT2D eigenvalue weighted by molar-refractivity contribution is 5.60. The Morgan fingerprint density at radius 1 is 1.37 bits per heavy atom. The number of piperidine rings is 1. The molecule has 1 heterocycles. The van der Waals surface area contributed by atoms with E-state index >= 15 is 0 Å². The SMILES string of the molecule is CC(C)Oc1cc(N)cc(N2CCC(C)C(O)C2)c1. The van der Waals surface area contributed by atoms with E-state index in [9.17, 15) is 5.11 Å². The van der Waals surface area contributed by atoms with E-state index in [0.717, 1.165) is 24.4 Å². The molecule has 1 saturated heterocycles. The van der Waals surface area contributed by atoms with Gasteiger partial charge in [0.15, 0.2) is 0 Å². The molecule has 0 radical (unpaired) electrons. The number of nitrogens with two attached hydrogens (primary N) is 1. The lowest BCUT2D eigenvalue weighted by Crippen LogP contribution is -2.42. The second kappa shape index (κ2) is 5.70. The number of aliphatic hydroxyl groups is 1. The molecule has 0 aromatic heterocycles. The molecule has 0 bridgehead atoms. The van der Waals surface area contributed by atoms with Crippen molar-refractivity contribution in [2.75, 3.05) is 23.7 Å². The maximum absolute atomic E-state index is 9.99. The topological polar surface area (TPSA) is 58.7 Å². The highest BCUT2D eigenvalue weighted by atomic mass is 16.5. The molecule has 3 N–H and O–H groups in total. The Morgan fingerprint density at radius 2 is 2.11 bits per heavy atom. The van der Waals surface area contributed by atoms with Gasteiger partial charge in [-0.25, -0.2) is 0 Å². The molecule has 0 aliphatic carbocycles. The molecule has 1 fully saturated rings. The number of nitrogen functional groups attached to an aromatic ring is 1. The van der Waals surface area contributed by atoms with E-state index in [0.29, 0.717) is 18.2 Å². The number of β-amino-alcohol motifs (C(OH)–C–C–N with tert-alkyl or cyclic N) is 1. The number of ether oxygens (including phenoxy) is 1. The van der Waals surface area contributed by atoms with E-state index in [-0.39, 0.29) is 12.2 Å². The van der Waals surface area contributed by atoms with Gasteiger partial charge < -0.3 is 20.5 Å². The van der Waals surface area contributed by atoms with Crippen LogP contribution in [0.1, 0.15) is 27.2 Å². The van der Waals surface area contributed by atoms with Gasteiger partial charge in [0.05, 0.1) is 12.2 Å². The van der Waals surface area contributed by atoms with Crippen LogP contribution >= 0.6 is 0 Å². The van der Waals surface area contributed by atoms with Crippen LogP contribution < -0.4 is 15.4 Å². The molecular formula is C15H24N2O2. The smallest absolute Gasteiger partial charge is 0.123 e. The Balaban J connectivity index is 2.17. The Morgan fingerprint density at radius 3 is 2.74 bits per heavy atom. The largest absolute Gasteiger partial charge is 0.491 e. The third-order valence-electron chi connectivity index (χ3n) is 3.57. The highest BCUT2D eigenvalue weighted by Gasteiger charge is 2.24. The average molecular weight is 264 g/mol. The zero-order valence-corrected chi connectivity index (χ0v) is 12.0. The fourth-order valence-corrected chi connectivity index (χ4v) is 2.41. The predicted molar refractivity (Wildman–Crippen MR) is 78.6 cm³/mol. The standard InChI is InChI=1S/C15H24N2O2/c1-10(2)19-14-7-12(16)6-13(8-14)17-5-4-11(3)15(18)9-17/h6-8,10-11,15,18H,4-5,9,16H2,1-3H3. The van der Waals surface area contributed by atoms with Gasteiger partial charge in [-0.1, -0.05) is 6.92 Å². The van der Waals surface area contributed by atoms with Crippen LogP contribution in [0, 0.1) is 5.92 Å². The number of aliphatic hydroxyl groups excluding tert-OH is 1. The van der Waals surface area contributed by atoms with Gasteiger partial charge >= 0.3 is 0 Å². The summed E-state index contributed by atoms with van der Waals surface area (Å²) in [4.78, 5) is 2.17. The lowest BCUT2D eigenvalue weighted by Gasteiger charge is -2.36. The van der Waals surface area contributed by atoms with Crippen LogP contribution in [0.2, 0.25) is 0 Å². The summed E-state index contributed by atoms with van der Waals surface area (Å²) >= 11 is 0. The first-order valence-electron chi connectivity index (χ1n) is 6.96. The van der Waals surface area contributed by atoms with Crippen LogP contribution in [0.4, 0.5) is 11.4 Å². The molecule has 1 aromatic rings. The molecule has 106 valence electrons. The van der Waals surface area contributed by atoms with E-state index in [4.69, 9.17) is 10.5 Å². The second-order valence-electron chi connectivity index (χ2n) is 5.71. The summed E-state index contributed by atoms with van der Waals surface area (Å²) < 4.78 is 5.71. The van der Waals surface area contributed by atoms with Gasteiger partial charge in [-0.3, -0.25) is 0 Å². The highest BCUT2D eigenvalue weighted by Crippen LogP contribution is 2.29. The minimum atomic E-state index is -0.273. The van der Waals surface area contributed by atoms with Gasteiger partial charge in [-0.05, 0) is 32.3 Å². The van der Waals surface area contributed by atoms with Crippen LogP contribution in [0.15, 0.2) is 18.2 Å². The normalized spacial score (nSPS) is 23.7. The van der Waals surface area contributed by atoms with Crippen molar-refractivity contribution in [1.82, 2.24) is 0 Å². The van der Waals surface area contributed by atoms with E-state index in [2.05, 4.69) is 11.8 Å². The van der Waals surface area contributed by atoms with Crippen molar-refractivity contribution < 1.29 is 9.84 Å². The number of hydrogen-bond donors (Lipinski definition) is 2. The van der Waals surface area contributed by atoms with Gasteiger partial charge in [0.1, 0.15) is 5.75 Å². The molecule has 1 aromatic carbocycles. The van der Waals surface area contributed by atoms with Crippen molar-refractivity contribution in [3.05, 3.63) is 18.2 Å². The Bertz CT molecular complexity index is 434. The molecule has 19 heavy (non-hydrogen) atoms.